The first kappa shape index (κ1) is 7.67. The van der Waals surface area contributed by atoms with Crippen LogP contribution in [0.4, 0.5) is 5.69 Å². The lowest BCUT2D eigenvalue weighted by Gasteiger charge is -2.01. The fourth-order valence-electron chi connectivity index (χ4n) is 1.16. The number of H-pyrrole nitrogens is 1. The minimum atomic E-state index is 0.134. The molecule has 1 aromatic heterocycles. The van der Waals surface area contributed by atoms with E-state index in [-0.39, 0.29) is 5.75 Å². The fourth-order valence-corrected chi connectivity index (χ4v) is 1.16. The van der Waals surface area contributed by atoms with Gasteiger partial charge >= 0.3 is 0 Å². The quantitative estimate of drug-likeness (QED) is 0.573. The van der Waals surface area contributed by atoms with Crippen LogP contribution in [-0.4, -0.2) is 15.1 Å². The van der Waals surface area contributed by atoms with Crippen LogP contribution in [0.1, 0.15) is 0 Å². The van der Waals surface area contributed by atoms with Gasteiger partial charge in [-0.05, 0) is 12.1 Å². The first-order valence-corrected chi connectivity index (χ1v) is 3.85. The predicted octanol–water partition coefficient (Wildman–Crippen LogP) is 1.36. The lowest BCUT2D eigenvalue weighted by Crippen LogP contribution is -1.86. The molecule has 13 heavy (non-hydrogen) atoms. The molecular formula is C9H9N3O. The number of aromatic hydroxyl groups is 1. The smallest absolute Gasteiger partial charge is 0.141 e. The van der Waals surface area contributed by atoms with Gasteiger partial charge in [0.05, 0.1) is 5.56 Å². The number of hydrogen-bond donors (Lipinski definition) is 3. The molecule has 0 aliphatic heterocycles. The van der Waals surface area contributed by atoms with Crippen LogP contribution >= 0.6 is 0 Å². The maximum Gasteiger partial charge on any atom is 0.141 e. The molecule has 0 atom stereocenters. The number of hydrogen-bond acceptors (Lipinski definition) is 3. The Morgan fingerprint density at radius 2 is 2.23 bits per heavy atom. The number of anilines is 1. The van der Waals surface area contributed by atoms with E-state index in [9.17, 15) is 5.11 Å². The molecule has 0 unspecified atom stereocenters. The first-order valence-electron chi connectivity index (χ1n) is 3.85. The Labute approximate surface area is 75.1 Å². The van der Waals surface area contributed by atoms with Crippen LogP contribution in [0.3, 0.4) is 0 Å². The van der Waals surface area contributed by atoms with Crippen LogP contribution in [0.25, 0.3) is 11.4 Å². The third kappa shape index (κ3) is 1.33. The van der Waals surface area contributed by atoms with Crippen LogP contribution in [0.2, 0.25) is 0 Å². The average molecular weight is 175 g/mol. The summed E-state index contributed by atoms with van der Waals surface area (Å²) in [4.78, 5) is 6.92. The van der Waals surface area contributed by atoms with Crippen molar-refractivity contribution in [2.45, 2.75) is 0 Å². The van der Waals surface area contributed by atoms with E-state index in [1.54, 1.807) is 24.5 Å². The number of nitrogens with zero attached hydrogens (tertiary/aromatic N) is 1. The summed E-state index contributed by atoms with van der Waals surface area (Å²) in [5, 5.41) is 9.52. The molecule has 1 aromatic carbocycles. The normalized spacial score (nSPS) is 10.2. The topological polar surface area (TPSA) is 74.9 Å². The summed E-state index contributed by atoms with van der Waals surface area (Å²) in [5.41, 5.74) is 6.68. The lowest BCUT2D eigenvalue weighted by atomic mass is 10.2. The van der Waals surface area contributed by atoms with Gasteiger partial charge in [-0.3, -0.25) is 0 Å². The second kappa shape index (κ2) is 2.82. The highest BCUT2D eigenvalue weighted by Crippen LogP contribution is 2.27. The molecule has 4 heteroatoms. The molecule has 4 nitrogen and oxygen atoms in total. The Bertz CT molecular complexity index is 409. The maximum absolute atomic E-state index is 9.52. The van der Waals surface area contributed by atoms with Gasteiger partial charge in [-0.15, -0.1) is 0 Å². The summed E-state index contributed by atoms with van der Waals surface area (Å²) in [7, 11) is 0. The van der Waals surface area contributed by atoms with Gasteiger partial charge < -0.3 is 15.8 Å². The highest BCUT2D eigenvalue weighted by molar-refractivity contribution is 5.67. The molecule has 66 valence electrons. The molecule has 0 fully saturated rings. The van der Waals surface area contributed by atoms with E-state index in [0.29, 0.717) is 17.1 Å². The van der Waals surface area contributed by atoms with Crippen molar-refractivity contribution in [1.82, 2.24) is 9.97 Å². The van der Waals surface area contributed by atoms with Gasteiger partial charge in [0.25, 0.3) is 0 Å². The van der Waals surface area contributed by atoms with Crippen molar-refractivity contribution in [3.05, 3.63) is 30.6 Å². The summed E-state index contributed by atoms with van der Waals surface area (Å²) < 4.78 is 0. The van der Waals surface area contributed by atoms with Crippen molar-refractivity contribution in [2.75, 3.05) is 5.73 Å². The van der Waals surface area contributed by atoms with Crippen LogP contribution in [0.5, 0.6) is 5.75 Å². The Balaban J connectivity index is 2.53. The lowest BCUT2D eigenvalue weighted by molar-refractivity contribution is 0.477. The highest BCUT2D eigenvalue weighted by Gasteiger charge is 2.05. The number of nitrogens with two attached hydrogens (primary N) is 1. The van der Waals surface area contributed by atoms with Crippen molar-refractivity contribution in [1.29, 1.82) is 0 Å². The molecule has 2 rings (SSSR count). The molecule has 0 aliphatic rings. The number of phenolic OH excluding ortho intramolecular Hbond substituents is 1. The molecule has 1 heterocycles. The molecule has 4 N–H and O–H groups in total. The highest BCUT2D eigenvalue weighted by atomic mass is 16.3. The summed E-state index contributed by atoms with van der Waals surface area (Å²) in [6, 6.07) is 4.94. The van der Waals surface area contributed by atoms with Crippen molar-refractivity contribution in [2.24, 2.45) is 0 Å². The SMILES string of the molecule is Nc1ccc(-c2ncc[nH]2)c(O)c1. The van der Waals surface area contributed by atoms with Gasteiger partial charge in [-0.1, -0.05) is 0 Å². The fraction of sp³-hybridized carbons (Fsp3) is 0. The molecule has 0 saturated carbocycles. The second-order valence-corrected chi connectivity index (χ2v) is 2.71. The van der Waals surface area contributed by atoms with Gasteiger partial charge in [0, 0.05) is 24.1 Å². The van der Waals surface area contributed by atoms with Crippen molar-refractivity contribution >= 4 is 5.69 Å². The predicted molar refractivity (Wildman–Crippen MR) is 50.1 cm³/mol. The van der Waals surface area contributed by atoms with Gasteiger partial charge in [-0.25, -0.2) is 4.98 Å². The summed E-state index contributed by atoms with van der Waals surface area (Å²) >= 11 is 0. The second-order valence-electron chi connectivity index (χ2n) is 2.71. The molecule has 0 radical (unpaired) electrons. The van der Waals surface area contributed by atoms with Crippen LogP contribution in [-0.2, 0) is 0 Å². The van der Waals surface area contributed by atoms with E-state index in [0.717, 1.165) is 0 Å². The van der Waals surface area contributed by atoms with Crippen molar-refractivity contribution in [3.8, 4) is 17.1 Å². The molecular weight excluding hydrogens is 166 g/mol. The number of benzene rings is 1. The van der Waals surface area contributed by atoms with E-state index in [1.165, 1.54) is 6.07 Å². The maximum atomic E-state index is 9.52. The molecule has 2 aromatic rings. The molecule has 0 bridgehead atoms. The Morgan fingerprint density at radius 3 is 2.85 bits per heavy atom. The Hall–Kier alpha value is -1.97. The number of aromatic amines is 1. The van der Waals surface area contributed by atoms with Crippen LogP contribution in [0, 0.1) is 0 Å². The van der Waals surface area contributed by atoms with E-state index in [1.807, 2.05) is 0 Å². The largest absolute Gasteiger partial charge is 0.507 e. The zero-order chi connectivity index (χ0) is 9.26. The van der Waals surface area contributed by atoms with Crippen molar-refractivity contribution < 1.29 is 5.11 Å². The molecule has 0 spiro atoms. The number of imidazole rings is 1. The van der Waals surface area contributed by atoms with Crippen LogP contribution < -0.4 is 5.73 Å². The Kier molecular flexibility index (Phi) is 1.66. The zero-order valence-corrected chi connectivity index (χ0v) is 6.86. The van der Waals surface area contributed by atoms with E-state index < -0.39 is 0 Å². The van der Waals surface area contributed by atoms with Gasteiger partial charge in [0.2, 0.25) is 0 Å². The number of rotatable bonds is 1. The number of nitrogens with one attached hydrogen (secondary N) is 1. The van der Waals surface area contributed by atoms with Gasteiger partial charge in [-0.2, -0.15) is 0 Å². The van der Waals surface area contributed by atoms with Crippen molar-refractivity contribution in [3.63, 3.8) is 0 Å². The molecule has 0 saturated heterocycles. The average Bonchev–Trinajstić information content (AvgIpc) is 2.56. The van der Waals surface area contributed by atoms with Gasteiger partial charge in [0.1, 0.15) is 11.6 Å². The minimum absolute atomic E-state index is 0.134. The monoisotopic (exact) mass is 175 g/mol. The number of phenols is 1. The minimum Gasteiger partial charge on any atom is -0.507 e. The van der Waals surface area contributed by atoms with E-state index >= 15 is 0 Å². The molecule has 0 amide bonds. The molecule has 0 aliphatic carbocycles. The summed E-state index contributed by atoms with van der Waals surface area (Å²) in [6.45, 7) is 0. The third-order valence-electron chi connectivity index (χ3n) is 1.78. The summed E-state index contributed by atoms with van der Waals surface area (Å²) in [6.07, 6.45) is 3.33. The standard InChI is InChI=1S/C9H9N3O/c10-6-1-2-7(8(13)5-6)9-11-3-4-12-9/h1-5,13H,10H2,(H,11,12). The number of nitrogen functional groups attached to an aromatic ring is 1. The third-order valence-corrected chi connectivity index (χ3v) is 1.78. The number of aromatic nitrogens is 2. The van der Waals surface area contributed by atoms with Crippen LogP contribution in [0.15, 0.2) is 30.6 Å². The first-order chi connectivity index (χ1) is 6.27. The summed E-state index contributed by atoms with van der Waals surface area (Å²) in [5.74, 6) is 0.771. The van der Waals surface area contributed by atoms with E-state index in [4.69, 9.17) is 5.73 Å². The zero-order valence-electron chi connectivity index (χ0n) is 6.86. The Morgan fingerprint density at radius 1 is 1.38 bits per heavy atom. The van der Waals surface area contributed by atoms with Gasteiger partial charge in [0.15, 0.2) is 0 Å². The van der Waals surface area contributed by atoms with E-state index in [2.05, 4.69) is 9.97 Å².